The maximum absolute atomic E-state index is 16.2. The molecule has 0 amide bonds. The Morgan fingerprint density at radius 1 is 1.09 bits per heavy atom. The van der Waals surface area contributed by atoms with Crippen molar-refractivity contribution in [1.82, 2.24) is 19.7 Å². The molecule has 0 saturated heterocycles. The number of aryl methyl sites for hydroxylation is 1. The molecule has 2 heterocycles. The predicted molar refractivity (Wildman–Crippen MR) is 123 cm³/mol. The van der Waals surface area contributed by atoms with Gasteiger partial charge in [0.15, 0.2) is 11.4 Å². The highest BCUT2D eigenvalue weighted by Gasteiger charge is 2.33. The summed E-state index contributed by atoms with van der Waals surface area (Å²) in [5.41, 5.74) is 5.19. The molecular formula is C26H21FN4O2. The van der Waals surface area contributed by atoms with Crippen molar-refractivity contribution < 1.29 is 13.9 Å². The summed E-state index contributed by atoms with van der Waals surface area (Å²) in [4.78, 5) is 4.63. The number of aliphatic hydroxyl groups is 1. The molecule has 0 aliphatic heterocycles. The van der Waals surface area contributed by atoms with Crippen LogP contribution in [0.15, 0.2) is 65.3 Å². The first-order valence-electron chi connectivity index (χ1n) is 10.9. The summed E-state index contributed by atoms with van der Waals surface area (Å²) in [5, 5.41) is 17.9. The predicted octanol–water partition coefficient (Wildman–Crippen LogP) is 5.47. The highest BCUT2D eigenvalue weighted by Crippen LogP contribution is 2.49. The second-order valence-corrected chi connectivity index (χ2v) is 8.46. The summed E-state index contributed by atoms with van der Waals surface area (Å²) in [6, 6.07) is 17.1. The number of hydrogen-bond acceptors (Lipinski definition) is 5. The van der Waals surface area contributed by atoms with E-state index in [0.29, 0.717) is 33.6 Å². The van der Waals surface area contributed by atoms with Gasteiger partial charge in [0.05, 0.1) is 12.2 Å². The van der Waals surface area contributed by atoms with Crippen LogP contribution in [0.5, 0.6) is 0 Å². The molecule has 33 heavy (non-hydrogen) atoms. The van der Waals surface area contributed by atoms with Gasteiger partial charge >= 0.3 is 0 Å². The van der Waals surface area contributed by atoms with Crippen LogP contribution in [0.2, 0.25) is 0 Å². The van der Waals surface area contributed by atoms with Gasteiger partial charge in [-0.2, -0.15) is 0 Å². The average Bonchev–Trinajstić information content (AvgIpc) is 3.46. The van der Waals surface area contributed by atoms with E-state index in [9.17, 15) is 5.11 Å². The Hall–Kier alpha value is -3.84. The molecule has 0 atom stereocenters. The number of nitrogens with zero attached hydrogens (tertiary/aromatic N) is 4. The molecular weight excluding hydrogens is 419 g/mol. The zero-order valence-electron chi connectivity index (χ0n) is 18.0. The Balaban J connectivity index is 1.71. The second-order valence-electron chi connectivity index (χ2n) is 8.46. The van der Waals surface area contributed by atoms with Gasteiger partial charge in [0.2, 0.25) is 5.89 Å². The van der Waals surface area contributed by atoms with Gasteiger partial charge in [-0.1, -0.05) is 36.4 Å². The third kappa shape index (κ3) is 3.32. The Bertz CT molecular complexity index is 1490. The number of hydrogen-bond donors (Lipinski definition) is 1. The third-order valence-corrected chi connectivity index (χ3v) is 6.18. The Morgan fingerprint density at radius 2 is 1.91 bits per heavy atom. The summed E-state index contributed by atoms with van der Waals surface area (Å²) in [6.45, 7) is -0.105. The first-order valence-corrected chi connectivity index (χ1v) is 10.9. The fourth-order valence-electron chi connectivity index (χ4n) is 4.34. The molecule has 3 aromatic carbocycles. The van der Waals surface area contributed by atoms with Gasteiger partial charge in [-0.25, -0.2) is 9.37 Å². The van der Waals surface area contributed by atoms with E-state index in [-0.39, 0.29) is 29.8 Å². The van der Waals surface area contributed by atoms with E-state index in [1.54, 1.807) is 29.1 Å². The molecule has 1 saturated carbocycles. The van der Waals surface area contributed by atoms with Gasteiger partial charge < -0.3 is 14.1 Å². The Labute approximate surface area is 189 Å². The van der Waals surface area contributed by atoms with Crippen LogP contribution in [0.25, 0.3) is 45.1 Å². The van der Waals surface area contributed by atoms with Gasteiger partial charge in [0, 0.05) is 12.6 Å². The van der Waals surface area contributed by atoms with Crippen molar-refractivity contribution in [2.75, 3.05) is 0 Å². The lowest BCUT2D eigenvalue weighted by molar-refractivity contribution is 0.282. The largest absolute Gasteiger partial charge is 0.436 e. The second kappa shape index (κ2) is 7.64. The number of halogens is 1. The number of benzene rings is 3. The molecule has 5 aromatic rings. The molecule has 0 radical (unpaired) electrons. The number of fused-ring (bicyclic) bond motifs is 1. The van der Waals surface area contributed by atoms with Gasteiger partial charge in [-0.15, -0.1) is 10.2 Å². The highest BCUT2D eigenvalue weighted by atomic mass is 19.1. The summed E-state index contributed by atoms with van der Waals surface area (Å²) < 4.78 is 24.0. The first-order chi connectivity index (χ1) is 16.1. The monoisotopic (exact) mass is 440 g/mol. The molecule has 1 N–H and O–H groups in total. The fourth-order valence-corrected chi connectivity index (χ4v) is 4.34. The summed E-state index contributed by atoms with van der Waals surface area (Å²) in [5.74, 6) is 0.577. The topological polar surface area (TPSA) is 77.0 Å². The number of oxazole rings is 1. The van der Waals surface area contributed by atoms with Crippen LogP contribution in [0, 0.1) is 5.82 Å². The molecule has 1 aliphatic rings. The lowest BCUT2D eigenvalue weighted by Gasteiger charge is -2.17. The van der Waals surface area contributed by atoms with Gasteiger partial charge in [-0.3, -0.25) is 0 Å². The molecule has 164 valence electrons. The number of rotatable bonds is 5. The molecule has 6 rings (SSSR count). The first kappa shape index (κ1) is 19.8. The summed E-state index contributed by atoms with van der Waals surface area (Å²) in [6.07, 6.45) is 3.52. The average molecular weight is 440 g/mol. The molecule has 1 aliphatic carbocycles. The maximum atomic E-state index is 16.2. The van der Waals surface area contributed by atoms with E-state index in [1.807, 2.05) is 43.4 Å². The quantitative estimate of drug-likeness (QED) is 0.392. The zero-order chi connectivity index (χ0) is 22.5. The van der Waals surface area contributed by atoms with Crippen LogP contribution in [0.4, 0.5) is 4.39 Å². The highest BCUT2D eigenvalue weighted by molar-refractivity contribution is 5.93. The van der Waals surface area contributed by atoms with E-state index >= 15 is 4.39 Å². The molecule has 6 nitrogen and oxygen atoms in total. The SMILES string of the molecule is Cn1cnnc1-c1c(-c2ccccc2)cc(C2CC2)c(F)c1-c1nc2cc(CO)ccc2o1. The molecule has 0 unspecified atom stereocenters. The summed E-state index contributed by atoms with van der Waals surface area (Å²) >= 11 is 0. The van der Waals surface area contributed by atoms with Crippen molar-refractivity contribution in [2.45, 2.75) is 25.4 Å². The van der Waals surface area contributed by atoms with Gasteiger partial charge in [0.1, 0.15) is 17.7 Å². The van der Waals surface area contributed by atoms with E-state index in [0.717, 1.165) is 24.0 Å². The van der Waals surface area contributed by atoms with Crippen molar-refractivity contribution in [2.24, 2.45) is 7.05 Å². The van der Waals surface area contributed by atoms with Gasteiger partial charge in [0.25, 0.3) is 0 Å². The maximum Gasteiger partial charge on any atom is 0.231 e. The van der Waals surface area contributed by atoms with Crippen molar-refractivity contribution >= 4 is 11.1 Å². The van der Waals surface area contributed by atoms with E-state index in [1.165, 1.54) is 0 Å². The molecule has 2 aromatic heterocycles. The summed E-state index contributed by atoms with van der Waals surface area (Å²) in [7, 11) is 1.83. The fraction of sp³-hybridized carbons (Fsp3) is 0.192. The van der Waals surface area contributed by atoms with Crippen LogP contribution in [-0.4, -0.2) is 24.9 Å². The molecule has 0 bridgehead atoms. The molecule has 7 heteroatoms. The Morgan fingerprint density at radius 3 is 2.61 bits per heavy atom. The minimum absolute atomic E-state index is 0.105. The van der Waals surface area contributed by atoms with Crippen molar-refractivity contribution in [3.05, 3.63) is 77.9 Å². The third-order valence-electron chi connectivity index (χ3n) is 6.18. The van der Waals surface area contributed by atoms with Gasteiger partial charge in [-0.05, 0) is 59.2 Å². The lowest BCUT2D eigenvalue weighted by atomic mass is 9.90. The van der Waals surface area contributed by atoms with Crippen LogP contribution >= 0.6 is 0 Å². The van der Waals surface area contributed by atoms with Crippen molar-refractivity contribution in [1.29, 1.82) is 0 Å². The van der Waals surface area contributed by atoms with Crippen LogP contribution < -0.4 is 0 Å². The van der Waals surface area contributed by atoms with Crippen LogP contribution in [-0.2, 0) is 13.7 Å². The normalized spacial score (nSPS) is 13.7. The smallest absolute Gasteiger partial charge is 0.231 e. The standard InChI is InChI=1S/C26H21FN4O2/c1-31-14-28-30-25(31)22-18(16-5-3-2-4-6-16)12-19(17-8-9-17)24(27)23(22)26-29-20-11-15(13-32)7-10-21(20)33-26/h2-7,10-12,14,17,32H,8-9,13H2,1H3. The van der Waals surface area contributed by atoms with Crippen LogP contribution in [0.1, 0.15) is 29.9 Å². The Kier molecular flexibility index (Phi) is 4.58. The minimum atomic E-state index is -0.330. The lowest BCUT2D eigenvalue weighted by Crippen LogP contribution is -2.03. The number of aromatic nitrogens is 4. The van der Waals surface area contributed by atoms with Crippen LogP contribution in [0.3, 0.4) is 0 Å². The van der Waals surface area contributed by atoms with E-state index in [4.69, 9.17) is 4.42 Å². The van der Waals surface area contributed by atoms with E-state index < -0.39 is 0 Å². The van der Waals surface area contributed by atoms with Crippen molar-refractivity contribution in [3.8, 4) is 34.0 Å². The van der Waals surface area contributed by atoms with Crippen molar-refractivity contribution in [3.63, 3.8) is 0 Å². The zero-order valence-corrected chi connectivity index (χ0v) is 18.0. The molecule has 0 spiro atoms. The minimum Gasteiger partial charge on any atom is -0.436 e. The number of aliphatic hydroxyl groups excluding tert-OH is 1. The van der Waals surface area contributed by atoms with E-state index in [2.05, 4.69) is 15.2 Å². The molecule has 1 fully saturated rings.